The number of ether oxygens (including phenoxy) is 2. The average molecular weight is 266 g/mol. The first kappa shape index (κ1) is 15.3. The van der Waals surface area contributed by atoms with Crippen LogP contribution >= 0.6 is 0 Å². The fraction of sp³-hybridized carbons (Fsp3) is 0.533. The Morgan fingerprint density at radius 1 is 1.21 bits per heavy atom. The Balaban J connectivity index is 3.31. The summed E-state index contributed by atoms with van der Waals surface area (Å²) in [6.45, 7) is 5.92. The van der Waals surface area contributed by atoms with Gasteiger partial charge in [-0.05, 0) is 37.0 Å². The second-order valence-electron chi connectivity index (χ2n) is 5.08. The molecule has 1 unspecified atom stereocenters. The van der Waals surface area contributed by atoms with Crippen molar-refractivity contribution in [3.8, 4) is 11.5 Å². The molecule has 1 N–H and O–H groups in total. The molecule has 1 aromatic carbocycles. The summed E-state index contributed by atoms with van der Waals surface area (Å²) in [7, 11) is 3.13. The normalized spacial score (nSPS) is 12.3. The van der Waals surface area contributed by atoms with Gasteiger partial charge >= 0.3 is 5.97 Å². The van der Waals surface area contributed by atoms with Gasteiger partial charge < -0.3 is 14.6 Å². The van der Waals surface area contributed by atoms with Crippen LogP contribution in [0.15, 0.2) is 12.1 Å². The van der Waals surface area contributed by atoms with E-state index in [4.69, 9.17) is 9.47 Å². The molecule has 0 radical (unpaired) electrons. The molecule has 0 saturated heterocycles. The summed E-state index contributed by atoms with van der Waals surface area (Å²) < 4.78 is 10.6. The minimum Gasteiger partial charge on any atom is -0.496 e. The number of methoxy groups -OCH3 is 2. The number of aryl methyl sites for hydroxylation is 1. The number of hydrogen-bond donors (Lipinski definition) is 1. The minimum absolute atomic E-state index is 0.290. The summed E-state index contributed by atoms with van der Waals surface area (Å²) in [4.78, 5) is 11.5. The van der Waals surface area contributed by atoms with E-state index in [2.05, 4.69) is 0 Å². The van der Waals surface area contributed by atoms with Gasteiger partial charge in [0, 0.05) is 5.56 Å². The fourth-order valence-corrected chi connectivity index (χ4v) is 2.18. The molecule has 0 aliphatic heterocycles. The molecule has 0 aliphatic carbocycles. The highest BCUT2D eigenvalue weighted by atomic mass is 16.5. The summed E-state index contributed by atoms with van der Waals surface area (Å²) in [6.07, 6.45) is 0.567. The van der Waals surface area contributed by atoms with Crippen molar-refractivity contribution >= 4 is 5.97 Å². The van der Waals surface area contributed by atoms with E-state index in [-0.39, 0.29) is 5.92 Å². The van der Waals surface area contributed by atoms with Crippen LogP contribution in [0.4, 0.5) is 0 Å². The third-order valence-corrected chi connectivity index (χ3v) is 3.13. The first-order chi connectivity index (χ1) is 8.90. The third-order valence-electron chi connectivity index (χ3n) is 3.13. The SMILES string of the molecule is COc1cc(C(CC(C)C)C(=O)O)c(OC)cc1C. The van der Waals surface area contributed by atoms with Crippen molar-refractivity contribution in [2.75, 3.05) is 14.2 Å². The van der Waals surface area contributed by atoms with Crippen LogP contribution in [-0.2, 0) is 4.79 Å². The molecule has 4 nitrogen and oxygen atoms in total. The molecule has 1 rings (SSSR count). The molecule has 0 aliphatic rings. The number of benzene rings is 1. The Morgan fingerprint density at radius 3 is 2.21 bits per heavy atom. The van der Waals surface area contributed by atoms with E-state index < -0.39 is 11.9 Å². The van der Waals surface area contributed by atoms with Crippen LogP contribution in [0, 0.1) is 12.8 Å². The van der Waals surface area contributed by atoms with Gasteiger partial charge in [-0.3, -0.25) is 4.79 Å². The molecule has 0 saturated carbocycles. The molecule has 0 bridgehead atoms. The minimum atomic E-state index is -0.835. The molecular formula is C15H22O4. The highest BCUT2D eigenvalue weighted by Crippen LogP contribution is 2.36. The molecule has 19 heavy (non-hydrogen) atoms. The van der Waals surface area contributed by atoms with Crippen molar-refractivity contribution in [2.24, 2.45) is 5.92 Å². The molecular weight excluding hydrogens is 244 g/mol. The largest absolute Gasteiger partial charge is 0.496 e. The van der Waals surface area contributed by atoms with Gasteiger partial charge in [0.1, 0.15) is 11.5 Å². The van der Waals surface area contributed by atoms with Crippen molar-refractivity contribution in [1.82, 2.24) is 0 Å². The zero-order valence-electron chi connectivity index (χ0n) is 12.2. The van der Waals surface area contributed by atoms with Crippen molar-refractivity contribution in [2.45, 2.75) is 33.1 Å². The quantitative estimate of drug-likeness (QED) is 0.859. The van der Waals surface area contributed by atoms with Crippen molar-refractivity contribution in [3.05, 3.63) is 23.3 Å². The van der Waals surface area contributed by atoms with Gasteiger partial charge in [0.25, 0.3) is 0 Å². The van der Waals surface area contributed by atoms with Gasteiger partial charge in [0.05, 0.1) is 20.1 Å². The van der Waals surface area contributed by atoms with E-state index in [0.29, 0.717) is 23.5 Å². The first-order valence-corrected chi connectivity index (χ1v) is 6.36. The van der Waals surface area contributed by atoms with E-state index in [9.17, 15) is 9.90 Å². The summed E-state index contributed by atoms with van der Waals surface area (Å²) >= 11 is 0. The number of aliphatic carboxylic acids is 1. The lowest BCUT2D eigenvalue weighted by molar-refractivity contribution is -0.139. The van der Waals surface area contributed by atoms with Gasteiger partial charge in [0.15, 0.2) is 0 Å². The van der Waals surface area contributed by atoms with Gasteiger partial charge in [0.2, 0.25) is 0 Å². The molecule has 0 aromatic heterocycles. The second kappa shape index (κ2) is 6.45. The van der Waals surface area contributed by atoms with Crippen LogP contribution in [0.2, 0.25) is 0 Å². The van der Waals surface area contributed by atoms with Gasteiger partial charge in [-0.25, -0.2) is 0 Å². The molecule has 106 valence electrons. The Hall–Kier alpha value is -1.71. The topological polar surface area (TPSA) is 55.8 Å². The summed E-state index contributed by atoms with van der Waals surface area (Å²) in [5.74, 6) is 0.164. The maximum Gasteiger partial charge on any atom is 0.311 e. The lowest BCUT2D eigenvalue weighted by Crippen LogP contribution is -2.15. The van der Waals surface area contributed by atoms with Gasteiger partial charge in [-0.2, -0.15) is 0 Å². The average Bonchev–Trinajstić information content (AvgIpc) is 2.35. The monoisotopic (exact) mass is 266 g/mol. The number of rotatable bonds is 6. The predicted octanol–water partition coefficient (Wildman–Crippen LogP) is 3.23. The maximum atomic E-state index is 11.5. The fourth-order valence-electron chi connectivity index (χ4n) is 2.18. The van der Waals surface area contributed by atoms with E-state index in [0.717, 1.165) is 5.56 Å². The smallest absolute Gasteiger partial charge is 0.311 e. The standard InChI is InChI=1S/C15H22O4/c1-9(2)6-12(15(16)17)11-8-13(18-4)10(3)7-14(11)19-5/h7-9,12H,6H2,1-5H3,(H,16,17). The van der Waals surface area contributed by atoms with E-state index in [1.807, 2.05) is 26.8 Å². The van der Waals surface area contributed by atoms with E-state index >= 15 is 0 Å². The van der Waals surface area contributed by atoms with Gasteiger partial charge in [-0.15, -0.1) is 0 Å². The Morgan fingerprint density at radius 2 is 1.79 bits per heavy atom. The molecule has 0 spiro atoms. The van der Waals surface area contributed by atoms with Crippen LogP contribution in [0.3, 0.4) is 0 Å². The molecule has 0 heterocycles. The maximum absolute atomic E-state index is 11.5. The van der Waals surface area contributed by atoms with Gasteiger partial charge in [-0.1, -0.05) is 13.8 Å². The summed E-state index contributed by atoms with van der Waals surface area (Å²) in [5, 5.41) is 9.43. The van der Waals surface area contributed by atoms with Crippen LogP contribution < -0.4 is 9.47 Å². The van der Waals surface area contributed by atoms with Crippen LogP contribution in [0.25, 0.3) is 0 Å². The zero-order chi connectivity index (χ0) is 14.6. The second-order valence-corrected chi connectivity index (χ2v) is 5.08. The summed E-state index contributed by atoms with van der Waals surface area (Å²) in [6, 6.07) is 3.60. The molecule has 4 heteroatoms. The lowest BCUT2D eigenvalue weighted by atomic mass is 9.89. The zero-order valence-corrected chi connectivity index (χ0v) is 12.2. The Kier molecular flexibility index (Phi) is 5.21. The molecule has 1 atom stereocenters. The molecule has 0 amide bonds. The van der Waals surface area contributed by atoms with E-state index in [1.54, 1.807) is 20.3 Å². The molecule has 1 aromatic rings. The number of hydrogen-bond acceptors (Lipinski definition) is 3. The van der Waals surface area contributed by atoms with Crippen LogP contribution in [0.5, 0.6) is 11.5 Å². The highest BCUT2D eigenvalue weighted by molar-refractivity contribution is 5.77. The highest BCUT2D eigenvalue weighted by Gasteiger charge is 2.25. The van der Waals surface area contributed by atoms with E-state index in [1.165, 1.54) is 0 Å². The first-order valence-electron chi connectivity index (χ1n) is 6.36. The Bertz CT molecular complexity index is 452. The van der Waals surface area contributed by atoms with Crippen molar-refractivity contribution in [1.29, 1.82) is 0 Å². The van der Waals surface area contributed by atoms with Crippen LogP contribution in [-0.4, -0.2) is 25.3 Å². The van der Waals surface area contributed by atoms with Crippen molar-refractivity contribution in [3.63, 3.8) is 0 Å². The third kappa shape index (κ3) is 3.63. The molecule has 0 fully saturated rings. The number of carbonyl (C=O) groups is 1. The lowest BCUT2D eigenvalue weighted by Gasteiger charge is -2.19. The Labute approximate surface area is 114 Å². The predicted molar refractivity (Wildman–Crippen MR) is 74.1 cm³/mol. The number of carboxylic acid groups (broad SMARTS) is 1. The van der Waals surface area contributed by atoms with Crippen LogP contribution in [0.1, 0.15) is 37.3 Å². The van der Waals surface area contributed by atoms with Crippen molar-refractivity contribution < 1.29 is 19.4 Å². The summed E-state index contributed by atoms with van der Waals surface area (Å²) in [5.41, 5.74) is 1.60. The number of carboxylic acids is 1.